The summed E-state index contributed by atoms with van der Waals surface area (Å²) in [5.41, 5.74) is 2.58. The van der Waals surface area contributed by atoms with Gasteiger partial charge < -0.3 is 10.6 Å². The Labute approximate surface area is 143 Å². The highest BCUT2D eigenvalue weighted by atomic mass is 35.5. The molecule has 1 aliphatic rings. The predicted molar refractivity (Wildman–Crippen MR) is 93.3 cm³/mol. The summed E-state index contributed by atoms with van der Waals surface area (Å²) in [7, 11) is 0. The topological polar surface area (TPSA) is 54.0 Å². The second kappa shape index (κ2) is 8.32. The summed E-state index contributed by atoms with van der Waals surface area (Å²) in [4.78, 5) is 17.5. The molecular formula is C14H25Cl2N3OS. The highest BCUT2D eigenvalue weighted by Gasteiger charge is 2.27. The molecule has 1 fully saturated rings. The van der Waals surface area contributed by atoms with Crippen molar-refractivity contribution in [2.24, 2.45) is 0 Å². The molecule has 0 spiro atoms. The van der Waals surface area contributed by atoms with Crippen LogP contribution in [0.4, 0.5) is 0 Å². The van der Waals surface area contributed by atoms with Gasteiger partial charge in [-0.15, -0.1) is 36.2 Å². The summed E-state index contributed by atoms with van der Waals surface area (Å²) in [5, 5.41) is 6.55. The van der Waals surface area contributed by atoms with Gasteiger partial charge in [-0.1, -0.05) is 20.8 Å². The summed E-state index contributed by atoms with van der Waals surface area (Å²) < 4.78 is 0. The van der Waals surface area contributed by atoms with Gasteiger partial charge >= 0.3 is 0 Å². The van der Waals surface area contributed by atoms with Crippen LogP contribution in [0.15, 0.2) is 5.51 Å². The van der Waals surface area contributed by atoms with Gasteiger partial charge in [-0.3, -0.25) is 4.79 Å². The summed E-state index contributed by atoms with van der Waals surface area (Å²) in [6.07, 6.45) is 2.00. The number of nitrogens with one attached hydrogen (secondary N) is 2. The minimum Gasteiger partial charge on any atom is -0.348 e. The molecule has 1 aromatic heterocycles. The van der Waals surface area contributed by atoms with Crippen LogP contribution in [0.1, 0.15) is 55.9 Å². The Hall–Kier alpha value is -0.360. The Morgan fingerprint density at radius 3 is 2.67 bits per heavy atom. The Bertz CT molecular complexity index is 459. The van der Waals surface area contributed by atoms with Gasteiger partial charge in [-0.2, -0.15) is 0 Å². The minimum atomic E-state index is -0.0892. The molecule has 122 valence electrons. The van der Waals surface area contributed by atoms with Crippen LogP contribution in [0.3, 0.4) is 0 Å². The molecule has 0 aliphatic carbocycles. The number of amides is 1. The second-order valence-corrected chi connectivity index (χ2v) is 7.18. The van der Waals surface area contributed by atoms with E-state index in [-0.39, 0.29) is 42.2 Å². The van der Waals surface area contributed by atoms with Crippen molar-refractivity contribution in [2.75, 3.05) is 6.54 Å². The third kappa shape index (κ3) is 5.40. The van der Waals surface area contributed by atoms with Crippen molar-refractivity contribution in [1.29, 1.82) is 0 Å². The molecule has 0 bridgehead atoms. The zero-order chi connectivity index (χ0) is 14.0. The molecule has 21 heavy (non-hydrogen) atoms. The van der Waals surface area contributed by atoms with Gasteiger partial charge in [0.1, 0.15) is 4.88 Å². The minimum absolute atomic E-state index is 0. The average Bonchev–Trinajstić information content (AvgIpc) is 2.77. The molecule has 1 aromatic rings. The molecule has 2 atom stereocenters. The van der Waals surface area contributed by atoms with Crippen LogP contribution in [0.25, 0.3) is 0 Å². The van der Waals surface area contributed by atoms with E-state index < -0.39 is 0 Å². The number of hydrogen-bond acceptors (Lipinski definition) is 4. The van der Waals surface area contributed by atoms with Crippen LogP contribution < -0.4 is 10.6 Å². The second-order valence-electron chi connectivity index (χ2n) is 6.33. The number of piperidine rings is 1. The molecular weight excluding hydrogens is 329 g/mol. The van der Waals surface area contributed by atoms with E-state index in [1.165, 1.54) is 11.3 Å². The zero-order valence-corrected chi connectivity index (χ0v) is 15.4. The van der Waals surface area contributed by atoms with Gasteiger partial charge in [0, 0.05) is 17.5 Å². The van der Waals surface area contributed by atoms with Gasteiger partial charge in [0.2, 0.25) is 0 Å². The van der Waals surface area contributed by atoms with E-state index in [2.05, 4.69) is 43.3 Å². The van der Waals surface area contributed by atoms with Crippen molar-refractivity contribution >= 4 is 42.1 Å². The molecule has 4 nitrogen and oxygen atoms in total. The van der Waals surface area contributed by atoms with Gasteiger partial charge in [0.15, 0.2) is 0 Å². The van der Waals surface area contributed by atoms with E-state index in [0.29, 0.717) is 6.04 Å². The molecule has 2 N–H and O–H groups in total. The Morgan fingerprint density at radius 1 is 1.43 bits per heavy atom. The van der Waals surface area contributed by atoms with Crippen molar-refractivity contribution in [2.45, 2.75) is 58.0 Å². The van der Waals surface area contributed by atoms with Crippen molar-refractivity contribution in [3.05, 3.63) is 16.1 Å². The smallest absolute Gasteiger partial charge is 0.263 e. The standard InChI is InChI=1S/C14H23N3OS.2ClH/c1-9-7-10(5-6-15-9)17-13(18)11-12(14(2,3)4)16-8-19-11;;/h8-10,15H,5-7H2,1-4H3,(H,17,18);2*1H. The lowest BCUT2D eigenvalue weighted by Crippen LogP contribution is -2.46. The Balaban J connectivity index is 0.00000200. The van der Waals surface area contributed by atoms with E-state index in [1.54, 1.807) is 5.51 Å². The van der Waals surface area contributed by atoms with Gasteiger partial charge in [0.25, 0.3) is 5.91 Å². The van der Waals surface area contributed by atoms with Crippen LogP contribution in [-0.4, -0.2) is 29.5 Å². The van der Waals surface area contributed by atoms with Gasteiger partial charge in [-0.05, 0) is 26.3 Å². The van der Waals surface area contributed by atoms with Crippen LogP contribution in [-0.2, 0) is 5.41 Å². The lowest BCUT2D eigenvalue weighted by atomic mass is 9.91. The van der Waals surface area contributed by atoms with Gasteiger partial charge in [0.05, 0.1) is 11.2 Å². The van der Waals surface area contributed by atoms with Crippen molar-refractivity contribution in [3.8, 4) is 0 Å². The first-order chi connectivity index (χ1) is 8.88. The molecule has 1 aliphatic heterocycles. The molecule has 1 amide bonds. The normalized spacial score (nSPS) is 21.9. The van der Waals surface area contributed by atoms with Gasteiger partial charge in [-0.25, -0.2) is 4.98 Å². The van der Waals surface area contributed by atoms with Crippen LogP contribution in [0, 0.1) is 0 Å². The lowest BCUT2D eigenvalue weighted by Gasteiger charge is -2.28. The number of nitrogens with zero attached hydrogens (tertiary/aromatic N) is 1. The number of thiazole rings is 1. The molecule has 2 rings (SSSR count). The molecule has 0 radical (unpaired) electrons. The largest absolute Gasteiger partial charge is 0.348 e. The van der Waals surface area contributed by atoms with E-state index >= 15 is 0 Å². The first kappa shape index (κ1) is 20.6. The monoisotopic (exact) mass is 353 g/mol. The summed E-state index contributed by atoms with van der Waals surface area (Å²) in [6, 6.07) is 0.751. The number of rotatable bonds is 2. The van der Waals surface area contributed by atoms with Crippen LogP contribution >= 0.6 is 36.2 Å². The predicted octanol–water partition coefficient (Wildman–Crippen LogP) is 3.15. The maximum absolute atomic E-state index is 12.4. The fourth-order valence-corrected chi connectivity index (χ4v) is 3.36. The summed E-state index contributed by atoms with van der Waals surface area (Å²) in [5.74, 6) is 0.0338. The highest BCUT2D eigenvalue weighted by Crippen LogP contribution is 2.27. The fraction of sp³-hybridized carbons (Fsp3) is 0.714. The first-order valence-corrected chi connectivity index (χ1v) is 7.74. The number of hydrogen-bond donors (Lipinski definition) is 2. The van der Waals surface area contributed by atoms with E-state index in [4.69, 9.17) is 0 Å². The van der Waals surface area contributed by atoms with Crippen molar-refractivity contribution in [1.82, 2.24) is 15.6 Å². The molecule has 7 heteroatoms. The van der Waals surface area contributed by atoms with Crippen LogP contribution in [0.5, 0.6) is 0 Å². The number of carbonyl (C=O) groups is 1. The van der Waals surface area contributed by atoms with Crippen molar-refractivity contribution in [3.63, 3.8) is 0 Å². The third-order valence-electron chi connectivity index (χ3n) is 3.44. The number of carbonyl (C=O) groups excluding carboxylic acids is 1. The number of aromatic nitrogens is 1. The van der Waals surface area contributed by atoms with Crippen LogP contribution in [0.2, 0.25) is 0 Å². The van der Waals surface area contributed by atoms with E-state index in [1.807, 2.05) is 0 Å². The molecule has 2 unspecified atom stereocenters. The molecule has 1 saturated heterocycles. The summed E-state index contributed by atoms with van der Waals surface area (Å²) in [6.45, 7) is 9.40. The molecule has 0 saturated carbocycles. The van der Waals surface area contributed by atoms with E-state index in [9.17, 15) is 4.79 Å². The zero-order valence-electron chi connectivity index (χ0n) is 12.9. The Kier molecular flexibility index (Phi) is 8.18. The quantitative estimate of drug-likeness (QED) is 0.858. The van der Waals surface area contributed by atoms with E-state index in [0.717, 1.165) is 30.0 Å². The Morgan fingerprint density at radius 2 is 2.10 bits per heavy atom. The SMILES string of the molecule is CC1CC(NC(=O)c2scnc2C(C)(C)C)CCN1.Cl.Cl. The molecule has 0 aromatic carbocycles. The average molecular weight is 354 g/mol. The maximum Gasteiger partial charge on any atom is 0.263 e. The highest BCUT2D eigenvalue weighted by molar-refractivity contribution is 7.11. The first-order valence-electron chi connectivity index (χ1n) is 6.86. The fourth-order valence-electron chi connectivity index (χ4n) is 2.46. The van der Waals surface area contributed by atoms with Crippen molar-refractivity contribution < 1.29 is 4.79 Å². The number of halogens is 2. The molecule has 2 heterocycles. The lowest BCUT2D eigenvalue weighted by molar-refractivity contribution is 0.0927. The summed E-state index contributed by atoms with van der Waals surface area (Å²) >= 11 is 1.44. The third-order valence-corrected chi connectivity index (χ3v) is 4.27. The maximum atomic E-state index is 12.4.